The average molecular weight is 321 g/mol. The van der Waals surface area contributed by atoms with E-state index >= 15 is 0 Å². The largest absolute Gasteiger partial charge is 0.484 e. The summed E-state index contributed by atoms with van der Waals surface area (Å²) >= 11 is 0. The van der Waals surface area contributed by atoms with Crippen LogP contribution in [0.3, 0.4) is 0 Å². The molecule has 2 aromatic carbocycles. The minimum absolute atomic E-state index is 0.0702. The van der Waals surface area contributed by atoms with Gasteiger partial charge in [0.1, 0.15) is 11.5 Å². The number of aromatic nitrogens is 2. The van der Waals surface area contributed by atoms with Gasteiger partial charge in [0.15, 0.2) is 6.61 Å². The maximum absolute atomic E-state index is 12.0. The van der Waals surface area contributed by atoms with E-state index in [1.165, 1.54) is 6.20 Å². The van der Waals surface area contributed by atoms with Gasteiger partial charge in [-0.25, -0.2) is 4.98 Å². The zero-order valence-electron chi connectivity index (χ0n) is 12.8. The van der Waals surface area contributed by atoms with Gasteiger partial charge in [-0.2, -0.15) is 0 Å². The molecule has 24 heavy (non-hydrogen) atoms. The van der Waals surface area contributed by atoms with Gasteiger partial charge < -0.3 is 14.8 Å². The van der Waals surface area contributed by atoms with Crippen molar-refractivity contribution in [1.29, 1.82) is 0 Å². The predicted molar refractivity (Wildman–Crippen MR) is 89.1 cm³/mol. The number of carbonyl (C=O) groups is 1. The Kier molecular flexibility index (Phi) is 4.99. The van der Waals surface area contributed by atoms with Gasteiger partial charge in [0.2, 0.25) is 5.88 Å². The lowest BCUT2D eigenvalue weighted by molar-refractivity contribution is -0.118. The van der Waals surface area contributed by atoms with Gasteiger partial charge in [-0.3, -0.25) is 9.78 Å². The van der Waals surface area contributed by atoms with Crippen molar-refractivity contribution in [2.75, 3.05) is 11.9 Å². The van der Waals surface area contributed by atoms with Crippen LogP contribution in [-0.4, -0.2) is 22.5 Å². The maximum Gasteiger partial charge on any atom is 0.262 e. The molecule has 0 saturated carbocycles. The van der Waals surface area contributed by atoms with Crippen LogP contribution in [0.25, 0.3) is 0 Å². The summed E-state index contributed by atoms with van der Waals surface area (Å²) in [4.78, 5) is 19.9. The van der Waals surface area contributed by atoms with Gasteiger partial charge in [0, 0.05) is 24.1 Å². The van der Waals surface area contributed by atoms with Crippen LogP contribution in [0.2, 0.25) is 0 Å². The average Bonchev–Trinajstić information content (AvgIpc) is 2.62. The molecule has 1 amide bonds. The van der Waals surface area contributed by atoms with Crippen LogP contribution >= 0.6 is 0 Å². The Balaban J connectivity index is 1.57. The molecule has 0 fully saturated rings. The second-order valence-corrected chi connectivity index (χ2v) is 4.82. The summed E-state index contributed by atoms with van der Waals surface area (Å²) < 4.78 is 11.0. The molecule has 0 bridgehead atoms. The van der Waals surface area contributed by atoms with E-state index in [4.69, 9.17) is 9.47 Å². The normalized spacial score (nSPS) is 10.0. The van der Waals surface area contributed by atoms with Crippen LogP contribution in [-0.2, 0) is 4.79 Å². The molecule has 3 aromatic rings. The SMILES string of the molecule is O=C(COc1ccccc1)Nc1cccc(Oc2cnccn2)c1. The molecule has 1 N–H and O–H groups in total. The lowest BCUT2D eigenvalue weighted by atomic mass is 10.3. The summed E-state index contributed by atoms with van der Waals surface area (Å²) in [6.45, 7) is -0.0702. The number of amides is 1. The van der Waals surface area contributed by atoms with E-state index in [1.54, 1.807) is 48.8 Å². The van der Waals surface area contributed by atoms with Gasteiger partial charge >= 0.3 is 0 Å². The smallest absolute Gasteiger partial charge is 0.262 e. The molecule has 0 aliphatic carbocycles. The third-order valence-corrected chi connectivity index (χ3v) is 2.99. The molecular formula is C18H15N3O3. The van der Waals surface area contributed by atoms with E-state index in [9.17, 15) is 4.79 Å². The van der Waals surface area contributed by atoms with Gasteiger partial charge in [-0.15, -0.1) is 0 Å². The number of hydrogen-bond acceptors (Lipinski definition) is 5. The highest BCUT2D eigenvalue weighted by Crippen LogP contribution is 2.22. The van der Waals surface area contributed by atoms with Crippen molar-refractivity contribution in [3.05, 3.63) is 73.2 Å². The Morgan fingerprint density at radius 1 is 1.00 bits per heavy atom. The molecule has 3 rings (SSSR count). The van der Waals surface area contributed by atoms with E-state index in [2.05, 4.69) is 15.3 Å². The fourth-order valence-corrected chi connectivity index (χ4v) is 1.96. The van der Waals surface area contributed by atoms with Crippen LogP contribution in [0, 0.1) is 0 Å². The zero-order valence-corrected chi connectivity index (χ0v) is 12.8. The molecule has 0 unspecified atom stereocenters. The van der Waals surface area contributed by atoms with Crippen LogP contribution in [0.1, 0.15) is 0 Å². The van der Waals surface area contributed by atoms with Gasteiger partial charge in [0.25, 0.3) is 5.91 Å². The van der Waals surface area contributed by atoms with Crippen LogP contribution < -0.4 is 14.8 Å². The summed E-state index contributed by atoms with van der Waals surface area (Å²) in [5.74, 6) is 1.33. The van der Waals surface area contributed by atoms with E-state index in [-0.39, 0.29) is 12.5 Å². The van der Waals surface area contributed by atoms with Crippen LogP contribution in [0.5, 0.6) is 17.4 Å². The Morgan fingerprint density at radius 3 is 2.62 bits per heavy atom. The zero-order chi connectivity index (χ0) is 16.6. The number of ether oxygens (including phenoxy) is 2. The number of rotatable bonds is 6. The first-order chi connectivity index (χ1) is 11.8. The lowest BCUT2D eigenvalue weighted by Crippen LogP contribution is -2.20. The van der Waals surface area contributed by atoms with Crippen molar-refractivity contribution >= 4 is 11.6 Å². The summed E-state index contributed by atoms with van der Waals surface area (Å²) in [5.41, 5.74) is 0.609. The number of nitrogens with one attached hydrogen (secondary N) is 1. The molecular weight excluding hydrogens is 306 g/mol. The molecule has 0 spiro atoms. The van der Waals surface area contributed by atoms with Gasteiger partial charge in [0.05, 0.1) is 6.20 Å². The van der Waals surface area contributed by atoms with E-state index in [1.807, 2.05) is 18.2 Å². The molecule has 0 saturated heterocycles. The minimum Gasteiger partial charge on any atom is -0.484 e. The third-order valence-electron chi connectivity index (χ3n) is 2.99. The quantitative estimate of drug-likeness (QED) is 0.754. The van der Waals surface area contributed by atoms with Crippen molar-refractivity contribution < 1.29 is 14.3 Å². The van der Waals surface area contributed by atoms with E-state index < -0.39 is 0 Å². The van der Waals surface area contributed by atoms with Crippen LogP contribution in [0.4, 0.5) is 5.69 Å². The summed E-state index contributed by atoms with van der Waals surface area (Å²) in [5, 5.41) is 2.76. The molecule has 0 radical (unpaired) electrons. The Labute approximate surface area is 139 Å². The number of nitrogens with zero attached hydrogens (tertiary/aromatic N) is 2. The summed E-state index contributed by atoms with van der Waals surface area (Å²) in [6, 6.07) is 16.2. The monoisotopic (exact) mass is 321 g/mol. The first-order valence-electron chi connectivity index (χ1n) is 7.31. The molecule has 120 valence electrons. The molecule has 6 nitrogen and oxygen atoms in total. The summed E-state index contributed by atoms with van der Waals surface area (Å²) in [6.07, 6.45) is 4.62. The van der Waals surface area contributed by atoms with Crippen molar-refractivity contribution in [3.8, 4) is 17.4 Å². The van der Waals surface area contributed by atoms with E-state index in [0.717, 1.165) is 0 Å². The third kappa shape index (κ3) is 4.54. The first-order valence-corrected chi connectivity index (χ1v) is 7.31. The van der Waals surface area contributed by atoms with Crippen molar-refractivity contribution in [2.24, 2.45) is 0 Å². The van der Waals surface area contributed by atoms with Crippen molar-refractivity contribution in [1.82, 2.24) is 9.97 Å². The number of anilines is 1. The molecule has 0 aliphatic heterocycles. The fraction of sp³-hybridized carbons (Fsp3) is 0.0556. The minimum atomic E-state index is -0.254. The first kappa shape index (κ1) is 15.5. The number of para-hydroxylation sites is 1. The highest BCUT2D eigenvalue weighted by atomic mass is 16.5. The molecule has 0 aliphatic rings. The number of hydrogen-bond donors (Lipinski definition) is 1. The van der Waals surface area contributed by atoms with Crippen LogP contribution in [0.15, 0.2) is 73.2 Å². The highest BCUT2D eigenvalue weighted by molar-refractivity contribution is 5.92. The Hall–Kier alpha value is -3.41. The fourth-order valence-electron chi connectivity index (χ4n) is 1.96. The standard InChI is InChI=1S/C18H15N3O3/c22-17(13-23-15-6-2-1-3-7-15)21-14-5-4-8-16(11-14)24-18-12-19-9-10-20-18/h1-12H,13H2,(H,21,22). The topological polar surface area (TPSA) is 73.3 Å². The Morgan fingerprint density at radius 2 is 1.83 bits per heavy atom. The maximum atomic E-state index is 12.0. The molecule has 0 atom stereocenters. The Bertz CT molecular complexity index is 795. The van der Waals surface area contributed by atoms with Crippen molar-refractivity contribution in [2.45, 2.75) is 0 Å². The number of benzene rings is 2. The second kappa shape index (κ2) is 7.73. The second-order valence-electron chi connectivity index (χ2n) is 4.82. The summed E-state index contributed by atoms with van der Waals surface area (Å²) in [7, 11) is 0. The van der Waals surface area contributed by atoms with Crippen molar-refractivity contribution in [3.63, 3.8) is 0 Å². The lowest BCUT2D eigenvalue weighted by Gasteiger charge is -2.09. The molecule has 1 aromatic heterocycles. The van der Waals surface area contributed by atoms with Gasteiger partial charge in [-0.05, 0) is 24.3 Å². The molecule has 1 heterocycles. The van der Waals surface area contributed by atoms with Gasteiger partial charge in [-0.1, -0.05) is 24.3 Å². The molecule has 6 heteroatoms. The number of carbonyl (C=O) groups excluding carboxylic acids is 1. The highest BCUT2D eigenvalue weighted by Gasteiger charge is 2.05. The van der Waals surface area contributed by atoms with E-state index in [0.29, 0.717) is 23.1 Å². The predicted octanol–water partition coefficient (Wildman–Crippen LogP) is 3.29.